The fraction of sp³-hybridized carbons (Fsp3) is 0.152. The molecular weight excluding hydrogens is 511 g/mol. The first kappa shape index (κ1) is 25.6. The van der Waals surface area contributed by atoms with Crippen molar-refractivity contribution in [1.82, 2.24) is 14.5 Å². The lowest BCUT2D eigenvalue weighted by atomic mass is 9.77. The van der Waals surface area contributed by atoms with Gasteiger partial charge >= 0.3 is 0 Å². The molecule has 1 saturated heterocycles. The zero-order valence-electron chi connectivity index (χ0n) is 21.6. The van der Waals surface area contributed by atoms with Gasteiger partial charge in [0, 0.05) is 31.1 Å². The summed E-state index contributed by atoms with van der Waals surface area (Å²) in [6.07, 6.45) is 3.67. The maximum Gasteiger partial charge on any atom is 0.223 e. The molecule has 1 aromatic heterocycles. The monoisotopic (exact) mass is 537 g/mol. The van der Waals surface area contributed by atoms with Crippen molar-refractivity contribution in [2.24, 2.45) is 0 Å². The lowest BCUT2D eigenvalue weighted by Crippen LogP contribution is -2.37. The summed E-state index contributed by atoms with van der Waals surface area (Å²) in [7, 11) is 0. The van der Waals surface area contributed by atoms with Gasteiger partial charge < -0.3 is 9.47 Å². The van der Waals surface area contributed by atoms with E-state index in [1.807, 2.05) is 60.8 Å². The minimum Gasteiger partial charge on any atom is -0.336 e. The van der Waals surface area contributed by atoms with Gasteiger partial charge in [-0.1, -0.05) is 91.0 Å². The molecule has 2 heterocycles. The number of amides is 1. The van der Waals surface area contributed by atoms with Gasteiger partial charge in [-0.25, -0.2) is 18.2 Å². The number of benzene rings is 4. The van der Waals surface area contributed by atoms with Gasteiger partial charge in [0.05, 0.1) is 18.6 Å². The molecule has 4 aromatic carbocycles. The molecule has 40 heavy (non-hydrogen) atoms. The van der Waals surface area contributed by atoms with Crippen LogP contribution < -0.4 is 0 Å². The second kappa shape index (κ2) is 10.5. The number of likely N-dealkylation sites (tertiary alicyclic amines) is 1. The maximum atomic E-state index is 14.4. The second-order valence-electron chi connectivity index (χ2n) is 10.0. The number of hydrogen-bond donors (Lipinski definition) is 0. The molecule has 4 nitrogen and oxygen atoms in total. The third-order valence-electron chi connectivity index (χ3n) is 7.63. The molecule has 1 fully saturated rings. The molecule has 0 radical (unpaired) electrons. The van der Waals surface area contributed by atoms with Crippen molar-refractivity contribution in [2.75, 3.05) is 6.54 Å². The Balaban J connectivity index is 1.38. The Labute approximate surface area is 230 Å². The zero-order valence-corrected chi connectivity index (χ0v) is 21.6. The number of imidazole rings is 1. The minimum absolute atomic E-state index is 0.0253. The van der Waals surface area contributed by atoms with Gasteiger partial charge in [-0.3, -0.25) is 4.79 Å². The van der Waals surface area contributed by atoms with Gasteiger partial charge in [0.1, 0.15) is 11.4 Å². The highest BCUT2D eigenvalue weighted by Gasteiger charge is 2.39. The molecule has 0 spiro atoms. The average molecular weight is 538 g/mol. The second-order valence-corrected chi connectivity index (χ2v) is 10.0. The van der Waals surface area contributed by atoms with Gasteiger partial charge in [-0.2, -0.15) is 0 Å². The Kier molecular flexibility index (Phi) is 6.72. The summed E-state index contributed by atoms with van der Waals surface area (Å²) in [4.78, 5) is 19.1. The molecule has 0 saturated carbocycles. The van der Waals surface area contributed by atoms with Crippen LogP contribution in [0.5, 0.6) is 0 Å². The van der Waals surface area contributed by atoms with Crippen molar-refractivity contribution >= 4 is 5.91 Å². The van der Waals surface area contributed by atoms with E-state index in [-0.39, 0.29) is 31.0 Å². The third kappa shape index (κ3) is 4.47. The number of carbonyl (C=O) groups is 1. The minimum atomic E-state index is -1.25. The van der Waals surface area contributed by atoms with E-state index in [9.17, 15) is 18.0 Å². The van der Waals surface area contributed by atoms with Gasteiger partial charge in [0.2, 0.25) is 5.91 Å². The van der Waals surface area contributed by atoms with Crippen molar-refractivity contribution in [3.63, 3.8) is 0 Å². The number of halogens is 3. The fourth-order valence-corrected chi connectivity index (χ4v) is 5.82. The van der Waals surface area contributed by atoms with Crippen molar-refractivity contribution in [2.45, 2.75) is 24.4 Å². The Hall–Kier alpha value is -4.65. The van der Waals surface area contributed by atoms with E-state index in [1.165, 1.54) is 0 Å². The summed E-state index contributed by atoms with van der Waals surface area (Å²) in [6, 6.07) is 32.0. The molecule has 200 valence electrons. The Morgan fingerprint density at radius 3 is 1.90 bits per heavy atom. The smallest absolute Gasteiger partial charge is 0.223 e. The van der Waals surface area contributed by atoms with Gasteiger partial charge in [-0.05, 0) is 28.3 Å². The number of hydrogen-bond acceptors (Lipinski definition) is 2. The molecule has 7 heteroatoms. The predicted molar refractivity (Wildman–Crippen MR) is 146 cm³/mol. The molecule has 5 aromatic rings. The van der Waals surface area contributed by atoms with Crippen LogP contribution in [0.2, 0.25) is 0 Å². The molecule has 1 aliphatic heterocycles. The standard InChI is InChI=1S/C33H26F3N3O/c34-27-17-29(32(36)30(35)18-27)23-16-31(40)38(19-23)20-28-21-39(22-37-28)33(24-10-4-1-5-11-24,25-12-6-2-7-13-25)26-14-8-3-9-15-26/h1-15,17-18,21-23H,16,19-20H2. The molecule has 1 aliphatic rings. The van der Waals surface area contributed by atoms with Crippen LogP contribution in [-0.4, -0.2) is 26.9 Å². The first-order valence-electron chi connectivity index (χ1n) is 13.1. The molecule has 1 unspecified atom stereocenters. The van der Waals surface area contributed by atoms with Crippen LogP contribution in [0.3, 0.4) is 0 Å². The van der Waals surface area contributed by atoms with Crippen LogP contribution in [0.4, 0.5) is 13.2 Å². The molecule has 1 atom stereocenters. The largest absolute Gasteiger partial charge is 0.336 e. The quantitative estimate of drug-likeness (QED) is 0.172. The van der Waals surface area contributed by atoms with Gasteiger partial charge in [0.15, 0.2) is 11.6 Å². The van der Waals surface area contributed by atoms with Crippen LogP contribution in [0, 0.1) is 17.5 Å². The van der Waals surface area contributed by atoms with E-state index in [2.05, 4.69) is 45.9 Å². The predicted octanol–water partition coefficient (Wildman–Crippen LogP) is 6.66. The molecular formula is C33H26F3N3O. The number of rotatable bonds is 7. The van der Waals surface area contributed by atoms with Crippen LogP contribution in [0.15, 0.2) is 116 Å². The number of aromatic nitrogens is 2. The van der Waals surface area contributed by atoms with E-state index < -0.39 is 28.9 Å². The summed E-state index contributed by atoms with van der Waals surface area (Å²) >= 11 is 0. The fourth-order valence-electron chi connectivity index (χ4n) is 5.82. The topological polar surface area (TPSA) is 38.1 Å². The first-order valence-corrected chi connectivity index (χ1v) is 13.1. The SMILES string of the molecule is O=C1CC(c2cc(F)cc(F)c2F)CN1Cc1cn(C(c2ccccc2)(c2ccccc2)c2ccccc2)cn1. The molecule has 1 amide bonds. The Morgan fingerprint density at radius 2 is 1.35 bits per heavy atom. The van der Waals surface area contributed by atoms with Gasteiger partial charge in [0.25, 0.3) is 0 Å². The molecule has 0 bridgehead atoms. The third-order valence-corrected chi connectivity index (χ3v) is 7.63. The zero-order chi connectivity index (χ0) is 27.7. The van der Waals surface area contributed by atoms with Crippen LogP contribution in [0.25, 0.3) is 0 Å². The summed E-state index contributed by atoms with van der Waals surface area (Å²) < 4.78 is 44.2. The van der Waals surface area contributed by atoms with E-state index >= 15 is 0 Å². The van der Waals surface area contributed by atoms with E-state index in [1.54, 1.807) is 11.2 Å². The van der Waals surface area contributed by atoms with Gasteiger partial charge in [-0.15, -0.1) is 0 Å². The van der Waals surface area contributed by atoms with E-state index in [0.29, 0.717) is 11.8 Å². The molecule has 0 aliphatic carbocycles. The lowest BCUT2D eigenvalue weighted by Gasteiger charge is -2.37. The van der Waals surface area contributed by atoms with Crippen LogP contribution in [-0.2, 0) is 16.9 Å². The number of carbonyl (C=O) groups excluding carboxylic acids is 1. The summed E-state index contributed by atoms with van der Waals surface area (Å²) in [5.74, 6) is -4.08. The Bertz CT molecular complexity index is 1540. The normalized spacial score (nSPS) is 15.5. The van der Waals surface area contributed by atoms with Crippen molar-refractivity contribution in [1.29, 1.82) is 0 Å². The molecule has 6 rings (SSSR count). The highest BCUT2D eigenvalue weighted by molar-refractivity contribution is 5.79. The highest BCUT2D eigenvalue weighted by atomic mass is 19.2. The highest BCUT2D eigenvalue weighted by Crippen LogP contribution is 2.41. The average Bonchev–Trinajstić information content (AvgIpc) is 3.60. The van der Waals surface area contributed by atoms with Crippen molar-refractivity contribution < 1.29 is 18.0 Å². The summed E-state index contributed by atoms with van der Waals surface area (Å²) in [6.45, 7) is 0.336. The van der Waals surface area contributed by atoms with E-state index in [4.69, 9.17) is 0 Å². The van der Waals surface area contributed by atoms with Crippen LogP contribution >= 0.6 is 0 Å². The molecule has 0 N–H and O–H groups in total. The lowest BCUT2D eigenvalue weighted by molar-refractivity contribution is -0.128. The first-order chi connectivity index (χ1) is 19.5. The summed E-state index contributed by atoms with van der Waals surface area (Å²) in [5.41, 5.74) is 2.91. The number of nitrogens with zero attached hydrogens (tertiary/aromatic N) is 3. The maximum absolute atomic E-state index is 14.4. The summed E-state index contributed by atoms with van der Waals surface area (Å²) in [5, 5.41) is 0. The van der Waals surface area contributed by atoms with E-state index in [0.717, 1.165) is 22.8 Å². The Morgan fingerprint density at radius 1 is 0.800 bits per heavy atom. The van der Waals surface area contributed by atoms with Crippen molar-refractivity contribution in [3.8, 4) is 0 Å². The van der Waals surface area contributed by atoms with Crippen LogP contribution in [0.1, 0.15) is 40.3 Å². The van der Waals surface area contributed by atoms with Crippen molar-refractivity contribution in [3.05, 3.63) is 161 Å².